The summed E-state index contributed by atoms with van der Waals surface area (Å²) in [5, 5.41) is 9.40. The Hall–Kier alpha value is -2.86. The first-order valence-electron chi connectivity index (χ1n) is 11.5. The van der Waals surface area contributed by atoms with E-state index in [2.05, 4.69) is 6.92 Å². The van der Waals surface area contributed by atoms with Gasteiger partial charge in [-0.25, -0.2) is 9.18 Å². The highest BCUT2D eigenvalue weighted by Crippen LogP contribution is 2.65. The van der Waals surface area contributed by atoms with E-state index in [1.165, 1.54) is 17.0 Å². The fourth-order valence-corrected chi connectivity index (χ4v) is 8.51. The van der Waals surface area contributed by atoms with Crippen molar-refractivity contribution in [1.82, 2.24) is 0 Å². The molecule has 1 aliphatic heterocycles. The third kappa shape index (κ3) is 4.91. The molecule has 0 saturated carbocycles. The van der Waals surface area contributed by atoms with Crippen molar-refractivity contribution < 1.29 is 19.1 Å². The van der Waals surface area contributed by atoms with Crippen molar-refractivity contribution in [3.63, 3.8) is 0 Å². The van der Waals surface area contributed by atoms with Crippen LogP contribution < -0.4 is 5.73 Å². The number of carbonyl (C=O) groups is 2. The molecule has 1 aliphatic carbocycles. The van der Waals surface area contributed by atoms with Crippen LogP contribution in [0.1, 0.15) is 72.2 Å². The third-order valence-corrected chi connectivity index (χ3v) is 9.87. The SMILES string of the molecule is C[C@@H](c1ccc(C(=O)O)cc1)[SH]1C2=C(CCCCC2)C(C(N)=O)=C1CCc1ccc(F)cc1. The summed E-state index contributed by atoms with van der Waals surface area (Å²) in [7, 11) is -0.783. The molecule has 4 nitrogen and oxygen atoms in total. The first-order chi connectivity index (χ1) is 15.9. The number of allylic oxidation sites excluding steroid dienone is 2. The van der Waals surface area contributed by atoms with Gasteiger partial charge in [0.05, 0.1) is 11.1 Å². The molecule has 0 radical (unpaired) electrons. The number of nitrogens with two attached hydrogens (primary N) is 1. The third-order valence-electron chi connectivity index (χ3n) is 6.70. The molecule has 6 heteroatoms. The molecule has 2 aliphatic rings. The van der Waals surface area contributed by atoms with Gasteiger partial charge in [0.25, 0.3) is 0 Å². The van der Waals surface area contributed by atoms with Gasteiger partial charge in [-0.2, -0.15) is 10.9 Å². The molecule has 0 fully saturated rings. The molecule has 0 saturated heterocycles. The standard InChI is InChI=1S/C27H30FNO3S/c1-17(19-10-12-20(13-11-19)27(31)32)33-23-6-4-2-3-5-22(23)25(26(29)30)24(33)16-9-18-7-14-21(28)15-8-18/h7-8,10-15,17,33H,2-6,9,16H2,1H3,(H2,29,30)(H,31,32)/t17-/m0/s1. The van der Waals surface area contributed by atoms with E-state index in [1.54, 1.807) is 24.3 Å². The molecule has 1 amide bonds. The number of rotatable bonds is 7. The van der Waals surface area contributed by atoms with Crippen molar-refractivity contribution in [3.05, 3.63) is 92.0 Å². The van der Waals surface area contributed by atoms with Crippen LogP contribution in [0.4, 0.5) is 4.39 Å². The summed E-state index contributed by atoms with van der Waals surface area (Å²) in [5.41, 5.74) is 10.2. The zero-order chi connectivity index (χ0) is 23.5. The maximum atomic E-state index is 13.4. The van der Waals surface area contributed by atoms with Crippen LogP contribution in [0, 0.1) is 5.82 Å². The van der Waals surface area contributed by atoms with Crippen LogP contribution in [0.25, 0.3) is 0 Å². The van der Waals surface area contributed by atoms with E-state index in [4.69, 9.17) is 5.73 Å². The summed E-state index contributed by atoms with van der Waals surface area (Å²) in [6.07, 6.45) is 6.61. The number of carboxylic acids is 1. The Balaban J connectivity index is 1.72. The van der Waals surface area contributed by atoms with Crippen LogP contribution in [-0.2, 0) is 11.2 Å². The van der Waals surface area contributed by atoms with Crippen LogP contribution in [-0.4, -0.2) is 17.0 Å². The van der Waals surface area contributed by atoms with Gasteiger partial charge in [0, 0.05) is 5.25 Å². The van der Waals surface area contributed by atoms with E-state index < -0.39 is 16.9 Å². The lowest BCUT2D eigenvalue weighted by atomic mass is 9.98. The largest absolute Gasteiger partial charge is 0.478 e. The number of thiol groups is 1. The number of carbonyl (C=O) groups excluding carboxylic acids is 1. The Morgan fingerprint density at radius 2 is 1.67 bits per heavy atom. The predicted molar refractivity (Wildman–Crippen MR) is 132 cm³/mol. The van der Waals surface area contributed by atoms with Crippen molar-refractivity contribution >= 4 is 22.8 Å². The minimum atomic E-state index is -0.939. The molecule has 0 aromatic heterocycles. The molecule has 4 rings (SSSR count). The van der Waals surface area contributed by atoms with Gasteiger partial charge in [-0.1, -0.05) is 37.6 Å². The molecule has 1 heterocycles. The number of hydrogen-bond donors (Lipinski definition) is 3. The normalized spacial score (nSPS) is 20.4. The van der Waals surface area contributed by atoms with Crippen molar-refractivity contribution in [3.8, 4) is 0 Å². The molecule has 3 N–H and O–H groups in total. The number of benzene rings is 2. The fourth-order valence-electron chi connectivity index (χ4n) is 5.03. The number of aryl methyl sites for hydroxylation is 1. The Morgan fingerprint density at radius 1 is 1.00 bits per heavy atom. The van der Waals surface area contributed by atoms with E-state index in [-0.39, 0.29) is 22.5 Å². The molecule has 33 heavy (non-hydrogen) atoms. The van der Waals surface area contributed by atoms with E-state index >= 15 is 0 Å². The van der Waals surface area contributed by atoms with Gasteiger partial charge in [0.1, 0.15) is 5.82 Å². The lowest BCUT2D eigenvalue weighted by Crippen LogP contribution is -2.16. The minimum absolute atomic E-state index is 0.144. The average molecular weight is 468 g/mol. The molecule has 2 aromatic rings. The average Bonchev–Trinajstić information content (AvgIpc) is 2.92. The smallest absolute Gasteiger partial charge is 0.335 e. The summed E-state index contributed by atoms with van der Waals surface area (Å²) in [5.74, 6) is -1.55. The quantitative estimate of drug-likeness (QED) is 0.425. The van der Waals surface area contributed by atoms with Crippen LogP contribution in [0.3, 0.4) is 0 Å². The van der Waals surface area contributed by atoms with E-state index in [0.29, 0.717) is 6.42 Å². The molecule has 1 unspecified atom stereocenters. The topological polar surface area (TPSA) is 80.4 Å². The number of hydrogen-bond acceptors (Lipinski definition) is 2. The highest BCUT2D eigenvalue weighted by molar-refractivity contribution is 8.24. The van der Waals surface area contributed by atoms with Crippen LogP contribution in [0.5, 0.6) is 0 Å². The fraction of sp³-hybridized carbons (Fsp3) is 0.333. The highest BCUT2D eigenvalue weighted by atomic mass is 32.2. The van der Waals surface area contributed by atoms with Gasteiger partial charge in [0.2, 0.25) is 5.91 Å². The Morgan fingerprint density at radius 3 is 2.30 bits per heavy atom. The summed E-state index contributed by atoms with van der Waals surface area (Å²) < 4.78 is 13.4. The lowest BCUT2D eigenvalue weighted by molar-refractivity contribution is -0.114. The minimum Gasteiger partial charge on any atom is -0.478 e. The van der Waals surface area contributed by atoms with Crippen LogP contribution >= 0.6 is 10.9 Å². The Bertz CT molecular complexity index is 1120. The Kier molecular flexibility index (Phi) is 7.03. The van der Waals surface area contributed by atoms with Crippen molar-refractivity contribution in [1.29, 1.82) is 0 Å². The van der Waals surface area contributed by atoms with Gasteiger partial charge >= 0.3 is 5.97 Å². The first-order valence-corrected chi connectivity index (χ1v) is 12.9. The van der Waals surface area contributed by atoms with Gasteiger partial charge in [-0.3, -0.25) is 4.79 Å². The summed E-state index contributed by atoms with van der Waals surface area (Å²) in [4.78, 5) is 26.5. The monoisotopic (exact) mass is 467 g/mol. The lowest BCUT2D eigenvalue weighted by Gasteiger charge is -2.31. The van der Waals surface area contributed by atoms with Gasteiger partial charge in [-0.05, 0) is 89.3 Å². The van der Waals surface area contributed by atoms with E-state index in [1.807, 2.05) is 12.1 Å². The van der Waals surface area contributed by atoms with E-state index in [0.717, 1.165) is 65.7 Å². The Labute approximate surface area is 196 Å². The molecular weight excluding hydrogens is 437 g/mol. The second kappa shape index (κ2) is 9.96. The molecular formula is C27H30FNO3S. The number of aromatic carboxylic acids is 1. The zero-order valence-electron chi connectivity index (χ0n) is 18.8. The maximum absolute atomic E-state index is 13.4. The summed E-state index contributed by atoms with van der Waals surface area (Å²) in [6.45, 7) is 2.18. The number of halogens is 1. The zero-order valence-corrected chi connectivity index (χ0v) is 19.7. The highest BCUT2D eigenvalue weighted by Gasteiger charge is 2.36. The van der Waals surface area contributed by atoms with Crippen molar-refractivity contribution in [2.75, 3.05) is 0 Å². The number of primary amides is 1. The second-order valence-corrected chi connectivity index (χ2v) is 11.4. The van der Waals surface area contributed by atoms with Gasteiger partial charge < -0.3 is 10.8 Å². The van der Waals surface area contributed by atoms with Crippen LogP contribution in [0.2, 0.25) is 0 Å². The van der Waals surface area contributed by atoms with Gasteiger partial charge in [0.15, 0.2) is 0 Å². The van der Waals surface area contributed by atoms with Crippen LogP contribution in [0.15, 0.2) is 69.5 Å². The van der Waals surface area contributed by atoms with Gasteiger partial charge in [-0.15, -0.1) is 0 Å². The number of carboxylic acid groups (broad SMARTS) is 1. The molecule has 0 bridgehead atoms. The van der Waals surface area contributed by atoms with Crippen molar-refractivity contribution in [2.45, 2.75) is 57.1 Å². The van der Waals surface area contributed by atoms with Crippen molar-refractivity contribution in [2.24, 2.45) is 5.73 Å². The second-order valence-electron chi connectivity index (χ2n) is 8.77. The predicted octanol–water partition coefficient (Wildman–Crippen LogP) is 6.19. The molecule has 2 atom stereocenters. The molecule has 174 valence electrons. The number of amides is 1. The van der Waals surface area contributed by atoms with E-state index in [9.17, 15) is 19.1 Å². The summed E-state index contributed by atoms with van der Waals surface area (Å²) >= 11 is 0. The molecule has 2 aromatic carbocycles. The summed E-state index contributed by atoms with van der Waals surface area (Å²) in [6, 6.07) is 13.6. The maximum Gasteiger partial charge on any atom is 0.335 e. The molecule has 0 spiro atoms. The first kappa shape index (κ1) is 23.3.